The van der Waals surface area contributed by atoms with E-state index >= 15 is 0 Å². The lowest BCUT2D eigenvalue weighted by Gasteiger charge is -2.15. The minimum Gasteiger partial charge on any atom is -0.361 e. The number of nitrogens with one attached hydrogen (secondary N) is 1. The van der Waals surface area contributed by atoms with E-state index in [4.69, 9.17) is 4.52 Å². The molecule has 7 nitrogen and oxygen atoms in total. The maximum absolute atomic E-state index is 12.0. The second-order valence-electron chi connectivity index (χ2n) is 5.02. The fraction of sp³-hybridized carbons (Fsp3) is 0.250. The summed E-state index contributed by atoms with van der Waals surface area (Å²) in [6.07, 6.45) is 6.30. The zero-order valence-corrected chi connectivity index (χ0v) is 13.0. The molecule has 120 valence electrons. The standard InChI is InChI=1S/C16H18N4O3/c1-12-8-14(19-23-12)11-20(2)16(22)10-18-15(21)6-5-13-4-3-7-17-9-13/h3-9H,10-11H2,1-2H3,(H,18,21)/b6-5-. The van der Waals surface area contributed by atoms with Crippen LogP contribution in [0.1, 0.15) is 17.0 Å². The van der Waals surface area contributed by atoms with E-state index < -0.39 is 0 Å². The molecule has 0 bridgehead atoms. The van der Waals surface area contributed by atoms with Gasteiger partial charge in [-0.05, 0) is 24.6 Å². The summed E-state index contributed by atoms with van der Waals surface area (Å²) in [7, 11) is 1.64. The Balaban J connectivity index is 1.77. The maximum atomic E-state index is 12.0. The zero-order chi connectivity index (χ0) is 16.7. The summed E-state index contributed by atoms with van der Waals surface area (Å²) in [4.78, 5) is 29.1. The van der Waals surface area contributed by atoms with Gasteiger partial charge in [0, 0.05) is 31.6 Å². The predicted octanol–water partition coefficient (Wildman–Crippen LogP) is 1.17. The van der Waals surface area contributed by atoms with Gasteiger partial charge in [0.15, 0.2) is 0 Å². The van der Waals surface area contributed by atoms with Crippen molar-refractivity contribution in [1.29, 1.82) is 0 Å². The molecule has 0 fully saturated rings. The number of carbonyl (C=O) groups is 2. The van der Waals surface area contributed by atoms with E-state index in [1.807, 2.05) is 6.07 Å². The Bertz CT molecular complexity index is 694. The molecular formula is C16H18N4O3. The van der Waals surface area contributed by atoms with Crippen molar-refractivity contribution < 1.29 is 14.1 Å². The molecule has 0 radical (unpaired) electrons. The van der Waals surface area contributed by atoms with E-state index in [2.05, 4.69) is 15.5 Å². The van der Waals surface area contributed by atoms with Gasteiger partial charge in [0.2, 0.25) is 11.8 Å². The molecule has 0 aromatic carbocycles. The summed E-state index contributed by atoms with van der Waals surface area (Å²) in [6.45, 7) is 2.04. The normalized spacial score (nSPS) is 10.7. The molecule has 0 unspecified atom stereocenters. The van der Waals surface area contributed by atoms with Crippen LogP contribution in [0.2, 0.25) is 0 Å². The monoisotopic (exact) mass is 314 g/mol. The number of pyridine rings is 1. The average molecular weight is 314 g/mol. The number of likely N-dealkylation sites (N-methyl/N-ethyl adjacent to an activating group) is 1. The molecule has 0 spiro atoms. The Morgan fingerprint density at radius 2 is 2.26 bits per heavy atom. The number of hydrogen-bond acceptors (Lipinski definition) is 5. The molecule has 0 aliphatic rings. The van der Waals surface area contributed by atoms with Crippen LogP contribution in [-0.2, 0) is 16.1 Å². The second kappa shape index (κ2) is 7.88. The molecular weight excluding hydrogens is 296 g/mol. The number of nitrogens with zero attached hydrogens (tertiary/aromatic N) is 3. The van der Waals surface area contributed by atoms with Gasteiger partial charge in [-0.1, -0.05) is 11.2 Å². The number of rotatable bonds is 6. The number of hydrogen-bond donors (Lipinski definition) is 1. The third-order valence-corrected chi connectivity index (χ3v) is 3.03. The first-order valence-electron chi connectivity index (χ1n) is 7.06. The Labute approximate surface area is 134 Å². The first kappa shape index (κ1) is 16.4. The van der Waals surface area contributed by atoms with Gasteiger partial charge in [-0.15, -0.1) is 0 Å². The highest BCUT2D eigenvalue weighted by Gasteiger charge is 2.12. The van der Waals surface area contributed by atoms with Gasteiger partial charge in [0.05, 0.1) is 13.1 Å². The van der Waals surface area contributed by atoms with Crippen LogP contribution >= 0.6 is 0 Å². The molecule has 23 heavy (non-hydrogen) atoms. The molecule has 0 aliphatic carbocycles. The Morgan fingerprint density at radius 3 is 2.91 bits per heavy atom. The third-order valence-electron chi connectivity index (χ3n) is 3.03. The van der Waals surface area contributed by atoms with Crippen LogP contribution in [0, 0.1) is 6.92 Å². The van der Waals surface area contributed by atoms with Crippen LogP contribution in [0.5, 0.6) is 0 Å². The number of aryl methyl sites for hydroxylation is 1. The number of carbonyl (C=O) groups excluding carboxylic acids is 2. The second-order valence-corrected chi connectivity index (χ2v) is 5.02. The minimum absolute atomic E-state index is 0.0798. The Kier molecular flexibility index (Phi) is 5.62. The van der Waals surface area contributed by atoms with E-state index in [0.717, 1.165) is 5.56 Å². The van der Waals surface area contributed by atoms with Crippen LogP contribution in [-0.4, -0.2) is 40.4 Å². The van der Waals surface area contributed by atoms with Crippen molar-refractivity contribution in [3.8, 4) is 0 Å². The summed E-state index contributed by atoms with van der Waals surface area (Å²) in [5, 5.41) is 6.37. The summed E-state index contributed by atoms with van der Waals surface area (Å²) in [6, 6.07) is 5.37. The topological polar surface area (TPSA) is 88.3 Å². The van der Waals surface area contributed by atoms with Crippen LogP contribution in [0.25, 0.3) is 6.08 Å². The van der Waals surface area contributed by atoms with Crippen LogP contribution in [0.3, 0.4) is 0 Å². The van der Waals surface area contributed by atoms with Gasteiger partial charge < -0.3 is 14.7 Å². The number of amides is 2. The molecule has 0 atom stereocenters. The molecule has 2 amide bonds. The van der Waals surface area contributed by atoms with E-state index in [1.54, 1.807) is 44.6 Å². The van der Waals surface area contributed by atoms with Crippen molar-refractivity contribution in [3.05, 3.63) is 53.7 Å². The van der Waals surface area contributed by atoms with Crippen molar-refractivity contribution in [3.63, 3.8) is 0 Å². The zero-order valence-electron chi connectivity index (χ0n) is 13.0. The molecule has 2 aromatic rings. The molecule has 2 heterocycles. The van der Waals surface area contributed by atoms with Gasteiger partial charge in [-0.3, -0.25) is 14.6 Å². The van der Waals surface area contributed by atoms with Crippen LogP contribution in [0.15, 0.2) is 41.2 Å². The molecule has 7 heteroatoms. The predicted molar refractivity (Wildman–Crippen MR) is 84.0 cm³/mol. The first-order chi connectivity index (χ1) is 11.0. The highest BCUT2D eigenvalue weighted by atomic mass is 16.5. The lowest BCUT2D eigenvalue weighted by molar-refractivity contribution is -0.131. The quantitative estimate of drug-likeness (QED) is 0.809. The molecule has 1 N–H and O–H groups in total. The lowest BCUT2D eigenvalue weighted by atomic mass is 10.2. The van der Waals surface area contributed by atoms with E-state index in [-0.39, 0.29) is 18.4 Å². The molecule has 2 rings (SSSR count). The first-order valence-corrected chi connectivity index (χ1v) is 7.06. The molecule has 0 saturated carbocycles. The largest absolute Gasteiger partial charge is 0.361 e. The van der Waals surface area contributed by atoms with Crippen molar-refractivity contribution in [2.75, 3.05) is 13.6 Å². The van der Waals surface area contributed by atoms with Crippen LogP contribution < -0.4 is 5.32 Å². The summed E-state index contributed by atoms with van der Waals surface area (Å²) < 4.78 is 4.95. The average Bonchev–Trinajstić information content (AvgIpc) is 2.96. The third kappa shape index (κ3) is 5.39. The van der Waals surface area contributed by atoms with E-state index in [0.29, 0.717) is 18.0 Å². The van der Waals surface area contributed by atoms with Crippen molar-refractivity contribution in [2.45, 2.75) is 13.5 Å². The highest BCUT2D eigenvalue weighted by molar-refractivity contribution is 5.94. The van der Waals surface area contributed by atoms with Gasteiger partial charge in [-0.25, -0.2) is 0 Å². The maximum Gasteiger partial charge on any atom is 0.244 e. The highest BCUT2D eigenvalue weighted by Crippen LogP contribution is 2.04. The summed E-state index contributed by atoms with van der Waals surface area (Å²) >= 11 is 0. The summed E-state index contributed by atoms with van der Waals surface area (Å²) in [5.41, 5.74) is 1.48. The van der Waals surface area contributed by atoms with Gasteiger partial charge >= 0.3 is 0 Å². The van der Waals surface area contributed by atoms with Gasteiger partial charge in [0.25, 0.3) is 0 Å². The SMILES string of the molecule is Cc1cc(CN(C)C(=O)CNC(=O)/C=C\c2cccnc2)no1. The Hall–Kier alpha value is -2.96. The van der Waals surface area contributed by atoms with Crippen LogP contribution in [0.4, 0.5) is 0 Å². The van der Waals surface area contributed by atoms with Gasteiger partial charge in [0.1, 0.15) is 11.5 Å². The van der Waals surface area contributed by atoms with E-state index in [1.165, 1.54) is 11.0 Å². The van der Waals surface area contributed by atoms with Gasteiger partial charge in [-0.2, -0.15) is 0 Å². The molecule has 2 aromatic heterocycles. The van der Waals surface area contributed by atoms with E-state index in [9.17, 15) is 9.59 Å². The Morgan fingerprint density at radius 1 is 1.43 bits per heavy atom. The lowest BCUT2D eigenvalue weighted by Crippen LogP contribution is -2.37. The fourth-order valence-corrected chi connectivity index (χ4v) is 1.83. The number of aromatic nitrogens is 2. The molecule has 0 saturated heterocycles. The van der Waals surface area contributed by atoms with Crippen molar-refractivity contribution in [1.82, 2.24) is 20.4 Å². The smallest absolute Gasteiger partial charge is 0.244 e. The van der Waals surface area contributed by atoms with Crippen molar-refractivity contribution >= 4 is 17.9 Å². The fourth-order valence-electron chi connectivity index (χ4n) is 1.83. The summed E-state index contributed by atoms with van der Waals surface area (Å²) in [5.74, 6) is 0.136. The molecule has 0 aliphatic heterocycles. The minimum atomic E-state index is -0.340. The van der Waals surface area contributed by atoms with Crippen molar-refractivity contribution in [2.24, 2.45) is 0 Å².